The molecule has 184 valence electrons. The topological polar surface area (TPSA) is 99.6 Å². The van der Waals surface area contributed by atoms with Crippen LogP contribution >= 0.6 is 0 Å². The molecule has 0 radical (unpaired) electrons. The van der Waals surface area contributed by atoms with Gasteiger partial charge in [0.05, 0.1) is 29.4 Å². The fraction of sp³-hybridized carbons (Fsp3) is 0.391. The van der Waals surface area contributed by atoms with Gasteiger partial charge in [-0.25, -0.2) is 15.0 Å². The van der Waals surface area contributed by atoms with Crippen molar-refractivity contribution in [3.63, 3.8) is 0 Å². The summed E-state index contributed by atoms with van der Waals surface area (Å²) in [6.07, 6.45) is 2.34. The Hall–Kier alpha value is -3.67. The molecule has 1 aliphatic rings. The third-order valence-corrected chi connectivity index (χ3v) is 6.00. The molecule has 5 heterocycles. The summed E-state index contributed by atoms with van der Waals surface area (Å²) in [4.78, 5) is 18.2. The second kappa shape index (κ2) is 8.84. The molecular weight excluding hydrogens is 459 g/mol. The number of hydrogen-bond acceptors (Lipinski definition) is 7. The molecule has 12 heteroatoms. The van der Waals surface area contributed by atoms with Crippen LogP contribution in [-0.2, 0) is 19.8 Å². The van der Waals surface area contributed by atoms with E-state index in [0.29, 0.717) is 30.4 Å². The Morgan fingerprint density at radius 1 is 1.14 bits per heavy atom. The zero-order chi connectivity index (χ0) is 24.7. The number of rotatable bonds is 5. The van der Waals surface area contributed by atoms with Gasteiger partial charge in [0.1, 0.15) is 23.6 Å². The minimum absolute atomic E-state index is 0.0674. The number of pyridine rings is 1. The number of anilines is 2. The van der Waals surface area contributed by atoms with Crippen molar-refractivity contribution in [1.82, 2.24) is 35.0 Å². The van der Waals surface area contributed by atoms with Crippen molar-refractivity contribution in [2.75, 3.05) is 23.3 Å². The Morgan fingerprint density at radius 2 is 1.91 bits per heavy atom. The van der Waals surface area contributed by atoms with Gasteiger partial charge in [0, 0.05) is 55.7 Å². The summed E-state index contributed by atoms with van der Waals surface area (Å²) in [6, 6.07) is 2.50. The molecule has 35 heavy (non-hydrogen) atoms. The third-order valence-electron chi connectivity index (χ3n) is 6.00. The summed E-state index contributed by atoms with van der Waals surface area (Å²) < 4.78 is 42.9. The van der Waals surface area contributed by atoms with Crippen molar-refractivity contribution in [1.29, 1.82) is 0 Å². The van der Waals surface area contributed by atoms with Gasteiger partial charge >= 0.3 is 6.18 Å². The Balaban J connectivity index is 1.47. The number of aryl methyl sites for hydroxylation is 1. The van der Waals surface area contributed by atoms with Crippen LogP contribution in [0.5, 0.6) is 0 Å². The molecule has 0 amide bonds. The van der Waals surface area contributed by atoms with E-state index in [9.17, 15) is 13.2 Å². The highest BCUT2D eigenvalue weighted by Gasteiger charge is 2.33. The largest absolute Gasteiger partial charge is 0.416 e. The number of fused-ring (bicyclic) bond motifs is 1. The number of aromatic amines is 1. The lowest BCUT2D eigenvalue weighted by molar-refractivity contribution is -0.137. The smallest absolute Gasteiger partial charge is 0.364 e. The van der Waals surface area contributed by atoms with E-state index in [1.807, 2.05) is 38.2 Å². The number of halogens is 3. The van der Waals surface area contributed by atoms with Crippen molar-refractivity contribution in [2.45, 2.75) is 38.7 Å². The normalized spacial score (nSPS) is 18.9. The lowest BCUT2D eigenvalue weighted by atomic mass is 10.1. The van der Waals surface area contributed by atoms with Gasteiger partial charge in [0.15, 0.2) is 0 Å². The molecule has 0 spiro atoms. The number of hydrogen-bond donors (Lipinski definition) is 3. The molecule has 2 atom stereocenters. The number of nitrogens with zero attached hydrogens (tertiary/aromatic N) is 6. The molecule has 0 unspecified atom stereocenters. The molecule has 4 aromatic rings. The Kier molecular flexibility index (Phi) is 5.83. The molecule has 9 nitrogen and oxygen atoms in total. The maximum absolute atomic E-state index is 13.7. The van der Waals surface area contributed by atoms with Gasteiger partial charge in [0.25, 0.3) is 0 Å². The Bertz CT molecular complexity index is 1330. The van der Waals surface area contributed by atoms with Crippen LogP contribution in [0.15, 0.2) is 37.1 Å². The van der Waals surface area contributed by atoms with Crippen LogP contribution in [-0.4, -0.2) is 54.9 Å². The lowest BCUT2D eigenvalue weighted by Crippen LogP contribution is -2.54. The molecule has 1 saturated heterocycles. The first-order valence-electron chi connectivity index (χ1n) is 11.3. The summed E-state index contributed by atoms with van der Waals surface area (Å²) in [7, 11) is 1.82. The number of alkyl halides is 3. The van der Waals surface area contributed by atoms with Crippen molar-refractivity contribution in [2.24, 2.45) is 7.05 Å². The van der Waals surface area contributed by atoms with E-state index in [1.54, 1.807) is 10.9 Å². The maximum Gasteiger partial charge on any atom is 0.416 e. The van der Waals surface area contributed by atoms with E-state index in [1.165, 1.54) is 6.33 Å². The van der Waals surface area contributed by atoms with Crippen LogP contribution in [0.4, 0.5) is 24.8 Å². The minimum atomic E-state index is -4.48. The maximum atomic E-state index is 13.7. The molecule has 0 bridgehead atoms. The second-order valence-corrected chi connectivity index (χ2v) is 8.98. The first kappa shape index (κ1) is 23.1. The average Bonchev–Trinajstić information content (AvgIpc) is 3.42. The molecule has 4 aromatic heterocycles. The Morgan fingerprint density at radius 3 is 2.60 bits per heavy atom. The zero-order valence-corrected chi connectivity index (χ0v) is 19.6. The van der Waals surface area contributed by atoms with Gasteiger partial charge in [-0.05, 0) is 26.0 Å². The number of piperazine rings is 1. The van der Waals surface area contributed by atoms with E-state index in [0.717, 1.165) is 28.6 Å². The van der Waals surface area contributed by atoms with Gasteiger partial charge in [-0.2, -0.15) is 18.3 Å². The summed E-state index contributed by atoms with van der Waals surface area (Å²) >= 11 is 0. The first-order valence-corrected chi connectivity index (χ1v) is 11.3. The molecule has 0 aliphatic carbocycles. The number of H-pyrrole nitrogens is 1. The molecule has 1 fully saturated rings. The molecule has 0 aromatic carbocycles. The number of nitrogens with one attached hydrogen (secondary N) is 3. The van der Waals surface area contributed by atoms with Crippen molar-refractivity contribution in [3.8, 4) is 11.1 Å². The van der Waals surface area contributed by atoms with E-state index < -0.39 is 11.7 Å². The predicted molar refractivity (Wildman–Crippen MR) is 127 cm³/mol. The van der Waals surface area contributed by atoms with Crippen LogP contribution in [0.2, 0.25) is 0 Å². The van der Waals surface area contributed by atoms with Crippen LogP contribution in [0.1, 0.15) is 25.1 Å². The highest BCUT2D eigenvalue weighted by molar-refractivity contribution is 6.00. The third kappa shape index (κ3) is 4.78. The van der Waals surface area contributed by atoms with E-state index in [4.69, 9.17) is 0 Å². The average molecular weight is 486 g/mol. The first-order chi connectivity index (χ1) is 16.7. The van der Waals surface area contributed by atoms with Crippen molar-refractivity contribution < 1.29 is 13.2 Å². The zero-order valence-electron chi connectivity index (χ0n) is 19.6. The van der Waals surface area contributed by atoms with Crippen molar-refractivity contribution in [3.05, 3.63) is 48.3 Å². The SMILES string of the molecule is C[C@@H]1CN(c2cc(C(F)(F)F)cc(CNc3ncnc4[nH]cc(-c5cnn(C)c5)c34)n2)C[C@H](C)N1. The van der Waals surface area contributed by atoms with Gasteiger partial charge in [-0.3, -0.25) is 4.68 Å². The highest BCUT2D eigenvalue weighted by atomic mass is 19.4. The molecular formula is C23H26F3N9. The number of aromatic nitrogens is 6. The van der Waals surface area contributed by atoms with E-state index in [2.05, 4.69) is 35.7 Å². The van der Waals surface area contributed by atoms with E-state index in [-0.39, 0.29) is 24.3 Å². The van der Waals surface area contributed by atoms with Crippen molar-refractivity contribution >= 4 is 22.7 Å². The fourth-order valence-corrected chi connectivity index (χ4v) is 4.56. The summed E-state index contributed by atoms with van der Waals surface area (Å²) in [5, 5.41) is 11.5. The van der Waals surface area contributed by atoms with Crippen LogP contribution in [0.3, 0.4) is 0 Å². The monoisotopic (exact) mass is 485 g/mol. The Labute approximate surface area is 199 Å². The minimum Gasteiger partial charge on any atom is -0.364 e. The van der Waals surface area contributed by atoms with Gasteiger partial charge < -0.3 is 20.5 Å². The summed E-state index contributed by atoms with van der Waals surface area (Å²) in [5.74, 6) is 0.822. The van der Waals surface area contributed by atoms with Gasteiger partial charge in [0.2, 0.25) is 0 Å². The standard InChI is InChI=1S/C23H26F3N9/c1-13-9-35(10-14(2)32-13)19-5-16(23(24,25)26)4-17(33-19)7-27-21-20-18(15-6-31-34(3)11-15)8-28-22(20)30-12-29-21/h4-6,8,11-14,32H,7,9-10H2,1-3H3,(H2,27,28,29,30)/t13-,14+. The van der Waals surface area contributed by atoms with Crippen LogP contribution in [0.25, 0.3) is 22.2 Å². The lowest BCUT2D eigenvalue weighted by Gasteiger charge is -2.37. The molecule has 3 N–H and O–H groups in total. The molecule has 0 saturated carbocycles. The fourth-order valence-electron chi connectivity index (χ4n) is 4.56. The molecule has 5 rings (SSSR count). The highest BCUT2D eigenvalue weighted by Crippen LogP contribution is 2.34. The predicted octanol–water partition coefficient (Wildman–Crippen LogP) is 3.57. The summed E-state index contributed by atoms with van der Waals surface area (Å²) in [6.45, 7) is 5.25. The summed E-state index contributed by atoms with van der Waals surface area (Å²) in [5.41, 5.74) is 1.89. The molecule has 1 aliphatic heterocycles. The second-order valence-electron chi connectivity index (χ2n) is 8.98. The van der Waals surface area contributed by atoms with Gasteiger partial charge in [-0.1, -0.05) is 0 Å². The van der Waals surface area contributed by atoms with Crippen LogP contribution < -0.4 is 15.5 Å². The quantitative estimate of drug-likeness (QED) is 0.397. The van der Waals surface area contributed by atoms with E-state index >= 15 is 0 Å². The van der Waals surface area contributed by atoms with Crippen LogP contribution in [0, 0.1) is 0 Å². The van der Waals surface area contributed by atoms with Gasteiger partial charge in [-0.15, -0.1) is 0 Å².